The van der Waals surface area contributed by atoms with E-state index >= 15 is 0 Å². The second kappa shape index (κ2) is 8.46. The van der Waals surface area contributed by atoms with Crippen LogP contribution in [0.4, 0.5) is 5.82 Å². The van der Waals surface area contributed by atoms with E-state index in [9.17, 15) is 8.42 Å². The van der Waals surface area contributed by atoms with Gasteiger partial charge in [-0.25, -0.2) is 13.1 Å². The Morgan fingerprint density at radius 1 is 0.966 bits per heavy atom. The molecule has 0 unspecified atom stereocenters. The number of hydrogen-bond acceptors (Lipinski definition) is 6. The first-order chi connectivity index (χ1) is 14.0. The molecular formula is C20H26N6O2S. The lowest BCUT2D eigenvalue weighted by Gasteiger charge is -2.21. The molecule has 1 aliphatic rings. The molecule has 2 aromatic heterocycles. The number of benzene rings is 1. The molecule has 0 amide bonds. The smallest absolute Gasteiger partial charge is 0.240 e. The molecule has 3 aromatic rings. The lowest BCUT2D eigenvalue weighted by molar-refractivity contribution is 0.580. The van der Waals surface area contributed by atoms with Gasteiger partial charge in [0.15, 0.2) is 11.5 Å². The van der Waals surface area contributed by atoms with Crippen molar-refractivity contribution in [2.45, 2.75) is 43.9 Å². The summed E-state index contributed by atoms with van der Waals surface area (Å²) in [4.78, 5) is 2.56. The minimum Gasteiger partial charge on any atom is -0.355 e. The molecule has 9 heteroatoms. The van der Waals surface area contributed by atoms with Crippen LogP contribution in [0, 0.1) is 6.92 Å². The van der Waals surface area contributed by atoms with Gasteiger partial charge in [-0.05, 0) is 44.0 Å². The Hall–Kier alpha value is -2.52. The van der Waals surface area contributed by atoms with Crippen molar-refractivity contribution in [3.05, 3.63) is 47.8 Å². The molecular weight excluding hydrogens is 388 g/mol. The zero-order valence-corrected chi connectivity index (χ0v) is 17.4. The van der Waals surface area contributed by atoms with Gasteiger partial charge < -0.3 is 4.90 Å². The monoisotopic (exact) mass is 414 g/mol. The molecule has 0 radical (unpaired) electrons. The molecule has 0 spiro atoms. The summed E-state index contributed by atoms with van der Waals surface area (Å²) in [6.45, 7) is 4.17. The molecule has 154 valence electrons. The van der Waals surface area contributed by atoms with E-state index in [-0.39, 0.29) is 11.4 Å². The van der Waals surface area contributed by atoms with Crippen molar-refractivity contribution in [1.82, 2.24) is 24.5 Å². The highest BCUT2D eigenvalue weighted by atomic mass is 32.2. The van der Waals surface area contributed by atoms with E-state index in [0.29, 0.717) is 17.9 Å². The summed E-state index contributed by atoms with van der Waals surface area (Å²) in [7, 11) is -3.55. The molecule has 0 aliphatic carbocycles. The number of fused-ring (bicyclic) bond motifs is 1. The average molecular weight is 415 g/mol. The van der Waals surface area contributed by atoms with Gasteiger partial charge in [0.05, 0.1) is 4.90 Å². The second-order valence-corrected chi connectivity index (χ2v) is 9.21. The molecule has 1 fully saturated rings. The summed E-state index contributed by atoms with van der Waals surface area (Å²) >= 11 is 0. The number of aromatic nitrogens is 4. The van der Waals surface area contributed by atoms with Gasteiger partial charge in [0.1, 0.15) is 5.82 Å². The third-order valence-electron chi connectivity index (χ3n) is 5.22. The molecule has 0 bridgehead atoms. The van der Waals surface area contributed by atoms with Crippen LogP contribution in [0.5, 0.6) is 0 Å². The fourth-order valence-corrected chi connectivity index (χ4v) is 4.58. The summed E-state index contributed by atoms with van der Waals surface area (Å²) in [5.41, 5.74) is 1.69. The summed E-state index contributed by atoms with van der Waals surface area (Å²) in [5, 5.41) is 13.1. The Bertz CT molecular complexity index is 1070. The van der Waals surface area contributed by atoms with Gasteiger partial charge in [-0.15, -0.1) is 15.3 Å². The summed E-state index contributed by atoms with van der Waals surface area (Å²) in [5.74, 6) is 1.56. The van der Waals surface area contributed by atoms with Crippen LogP contribution in [0.2, 0.25) is 0 Å². The Morgan fingerprint density at radius 3 is 2.41 bits per heavy atom. The minimum atomic E-state index is -3.55. The van der Waals surface area contributed by atoms with Crippen LogP contribution >= 0.6 is 0 Å². The number of hydrogen-bond donors (Lipinski definition) is 1. The Morgan fingerprint density at radius 2 is 1.69 bits per heavy atom. The van der Waals surface area contributed by atoms with Crippen molar-refractivity contribution in [1.29, 1.82) is 0 Å². The van der Waals surface area contributed by atoms with Crippen LogP contribution in [-0.4, -0.2) is 47.9 Å². The number of aryl methyl sites for hydroxylation is 1. The van der Waals surface area contributed by atoms with Crippen molar-refractivity contribution in [2.75, 3.05) is 24.5 Å². The number of anilines is 1. The first-order valence-corrected chi connectivity index (χ1v) is 11.5. The van der Waals surface area contributed by atoms with E-state index in [0.717, 1.165) is 24.5 Å². The largest absolute Gasteiger partial charge is 0.355 e. The van der Waals surface area contributed by atoms with Gasteiger partial charge >= 0.3 is 0 Å². The fraction of sp³-hybridized carbons (Fsp3) is 0.450. The lowest BCUT2D eigenvalue weighted by atomic mass is 10.2. The highest BCUT2D eigenvalue weighted by Gasteiger charge is 2.16. The van der Waals surface area contributed by atoms with Gasteiger partial charge in [0.2, 0.25) is 10.0 Å². The molecule has 1 aromatic carbocycles. The quantitative estimate of drug-likeness (QED) is 0.666. The minimum absolute atomic E-state index is 0.229. The van der Waals surface area contributed by atoms with E-state index in [4.69, 9.17) is 5.10 Å². The van der Waals surface area contributed by atoms with Gasteiger partial charge in [0.25, 0.3) is 0 Å². The van der Waals surface area contributed by atoms with E-state index in [1.54, 1.807) is 28.8 Å². The summed E-state index contributed by atoms with van der Waals surface area (Å²) in [6.07, 6.45) is 5.28. The van der Waals surface area contributed by atoms with Crippen LogP contribution in [0.3, 0.4) is 0 Å². The Balaban J connectivity index is 1.46. The van der Waals surface area contributed by atoms with Crippen molar-refractivity contribution >= 4 is 21.5 Å². The number of rotatable bonds is 6. The Labute approximate surface area is 171 Å². The van der Waals surface area contributed by atoms with Crippen LogP contribution in [0.15, 0.2) is 41.3 Å². The predicted molar refractivity (Wildman–Crippen MR) is 112 cm³/mol. The highest BCUT2D eigenvalue weighted by molar-refractivity contribution is 7.89. The molecule has 1 N–H and O–H groups in total. The van der Waals surface area contributed by atoms with Crippen molar-refractivity contribution in [2.24, 2.45) is 0 Å². The van der Waals surface area contributed by atoms with E-state index in [2.05, 4.69) is 19.8 Å². The average Bonchev–Trinajstić information content (AvgIpc) is 2.92. The number of sulfonamides is 1. The van der Waals surface area contributed by atoms with Crippen LogP contribution in [-0.2, 0) is 16.4 Å². The molecule has 1 saturated heterocycles. The zero-order valence-electron chi connectivity index (χ0n) is 16.6. The zero-order chi connectivity index (χ0) is 20.3. The third kappa shape index (κ3) is 4.56. The SMILES string of the molecule is Cc1ccc(S(=O)(=O)NCCc2nnc3ccc(N4CCCCCC4)nn23)cc1. The van der Waals surface area contributed by atoms with Crippen LogP contribution < -0.4 is 9.62 Å². The maximum atomic E-state index is 12.5. The highest BCUT2D eigenvalue weighted by Crippen LogP contribution is 2.18. The van der Waals surface area contributed by atoms with Gasteiger partial charge in [0, 0.05) is 26.1 Å². The molecule has 1 aliphatic heterocycles. The predicted octanol–water partition coefficient (Wildman–Crippen LogP) is 2.33. The van der Waals surface area contributed by atoms with Gasteiger partial charge in [-0.1, -0.05) is 30.5 Å². The van der Waals surface area contributed by atoms with Crippen molar-refractivity contribution in [3.8, 4) is 0 Å². The first-order valence-electron chi connectivity index (χ1n) is 10.1. The third-order valence-corrected chi connectivity index (χ3v) is 6.69. The van der Waals surface area contributed by atoms with Crippen LogP contribution in [0.1, 0.15) is 37.1 Å². The fourth-order valence-electron chi connectivity index (χ4n) is 3.55. The molecule has 8 nitrogen and oxygen atoms in total. The molecule has 4 rings (SSSR count). The molecule has 3 heterocycles. The van der Waals surface area contributed by atoms with Gasteiger partial charge in [-0.3, -0.25) is 0 Å². The number of nitrogens with zero attached hydrogens (tertiary/aromatic N) is 5. The molecule has 29 heavy (non-hydrogen) atoms. The maximum absolute atomic E-state index is 12.5. The summed E-state index contributed by atoms with van der Waals surface area (Å²) in [6, 6.07) is 10.7. The topological polar surface area (TPSA) is 92.5 Å². The van der Waals surface area contributed by atoms with Gasteiger partial charge in [-0.2, -0.15) is 4.52 Å². The van der Waals surface area contributed by atoms with Crippen molar-refractivity contribution < 1.29 is 8.42 Å². The van der Waals surface area contributed by atoms with E-state index in [1.165, 1.54) is 25.7 Å². The first kappa shape index (κ1) is 19.8. The summed E-state index contributed by atoms with van der Waals surface area (Å²) < 4.78 is 29.3. The standard InChI is InChI=1S/C20H26N6O2S/c1-16-6-8-17(9-7-16)29(27,28)21-13-12-19-23-22-18-10-11-20(24-26(18)19)25-14-4-2-3-5-15-25/h6-11,21H,2-5,12-15H2,1H3. The van der Waals surface area contributed by atoms with Crippen LogP contribution in [0.25, 0.3) is 5.65 Å². The van der Waals surface area contributed by atoms with E-state index in [1.807, 2.05) is 19.1 Å². The Kier molecular flexibility index (Phi) is 5.77. The molecule has 0 saturated carbocycles. The van der Waals surface area contributed by atoms with E-state index < -0.39 is 10.0 Å². The maximum Gasteiger partial charge on any atom is 0.240 e. The number of nitrogens with one attached hydrogen (secondary N) is 1. The van der Waals surface area contributed by atoms with Crippen molar-refractivity contribution in [3.63, 3.8) is 0 Å². The lowest BCUT2D eigenvalue weighted by Crippen LogP contribution is -2.27. The normalized spacial score (nSPS) is 15.6. The molecule has 0 atom stereocenters. The second-order valence-electron chi connectivity index (χ2n) is 7.44.